The Morgan fingerprint density at radius 2 is 2.10 bits per heavy atom. The molecule has 110 valence electrons. The Kier molecular flexibility index (Phi) is 3.92. The van der Waals surface area contributed by atoms with Crippen molar-refractivity contribution < 1.29 is 14.2 Å². The van der Waals surface area contributed by atoms with Gasteiger partial charge >= 0.3 is 0 Å². The van der Waals surface area contributed by atoms with Crippen LogP contribution in [0, 0.1) is 0 Å². The highest BCUT2D eigenvalue weighted by Crippen LogP contribution is 2.33. The molecule has 1 aromatic carbocycles. The maximum Gasteiger partial charge on any atom is 0.183 e. The Labute approximate surface area is 123 Å². The van der Waals surface area contributed by atoms with Crippen molar-refractivity contribution in [3.63, 3.8) is 0 Å². The summed E-state index contributed by atoms with van der Waals surface area (Å²) in [7, 11) is 3.24. The molecule has 0 saturated heterocycles. The number of nitrogens with zero attached hydrogens (tertiary/aromatic N) is 1. The minimum atomic E-state index is 0.166. The molecule has 0 spiro atoms. The van der Waals surface area contributed by atoms with Crippen molar-refractivity contribution >= 4 is 0 Å². The summed E-state index contributed by atoms with van der Waals surface area (Å²) < 4.78 is 16.3. The Balaban J connectivity index is 1.75. The predicted molar refractivity (Wildman–Crippen MR) is 78.9 cm³/mol. The van der Waals surface area contributed by atoms with E-state index in [2.05, 4.69) is 16.4 Å². The lowest BCUT2D eigenvalue weighted by molar-refractivity contribution is 0.307. The van der Waals surface area contributed by atoms with Crippen LogP contribution in [0.15, 0.2) is 36.5 Å². The third-order valence-corrected chi connectivity index (χ3v) is 3.58. The normalized spacial score (nSPS) is 16.2. The lowest BCUT2D eigenvalue weighted by Crippen LogP contribution is -2.22. The van der Waals surface area contributed by atoms with Gasteiger partial charge in [0.05, 0.1) is 26.0 Å². The van der Waals surface area contributed by atoms with Crippen LogP contribution in [0.3, 0.4) is 0 Å². The minimum Gasteiger partial charge on any atom is -0.493 e. The Morgan fingerprint density at radius 1 is 1.24 bits per heavy atom. The molecule has 5 heteroatoms. The molecule has 0 amide bonds. The van der Waals surface area contributed by atoms with Gasteiger partial charge in [-0.1, -0.05) is 18.2 Å². The lowest BCUT2D eigenvalue weighted by atomic mass is 10.1. The van der Waals surface area contributed by atoms with Crippen molar-refractivity contribution in [1.29, 1.82) is 0 Å². The van der Waals surface area contributed by atoms with Gasteiger partial charge < -0.3 is 19.5 Å². The zero-order valence-corrected chi connectivity index (χ0v) is 12.1. The second-order valence-electron chi connectivity index (χ2n) is 4.78. The van der Waals surface area contributed by atoms with Crippen LogP contribution in [0.4, 0.5) is 0 Å². The summed E-state index contributed by atoms with van der Waals surface area (Å²) in [5.74, 6) is 2.30. The molecular formula is C16H18N2O3. The van der Waals surface area contributed by atoms with E-state index in [9.17, 15) is 0 Å². The highest BCUT2D eigenvalue weighted by atomic mass is 16.5. The maximum atomic E-state index is 5.66. The van der Waals surface area contributed by atoms with Crippen molar-refractivity contribution in [2.45, 2.75) is 12.6 Å². The molecule has 0 fully saturated rings. The molecule has 21 heavy (non-hydrogen) atoms. The first-order valence-corrected chi connectivity index (χ1v) is 6.84. The van der Waals surface area contributed by atoms with E-state index in [1.54, 1.807) is 26.5 Å². The van der Waals surface area contributed by atoms with Crippen LogP contribution < -0.4 is 19.5 Å². The highest BCUT2D eigenvalue weighted by molar-refractivity contribution is 5.43. The molecule has 3 rings (SSSR count). The zero-order chi connectivity index (χ0) is 14.7. The summed E-state index contributed by atoms with van der Waals surface area (Å²) in [5.41, 5.74) is 2.00. The van der Waals surface area contributed by atoms with Gasteiger partial charge in [0, 0.05) is 24.4 Å². The first kappa shape index (κ1) is 13.7. The molecule has 5 nitrogen and oxygen atoms in total. The predicted octanol–water partition coefficient (Wildman–Crippen LogP) is 2.32. The van der Waals surface area contributed by atoms with Crippen molar-refractivity contribution in [2.75, 3.05) is 20.8 Å². The fourth-order valence-electron chi connectivity index (χ4n) is 2.53. The number of rotatable bonds is 5. The van der Waals surface area contributed by atoms with Crippen LogP contribution >= 0.6 is 0 Å². The smallest absolute Gasteiger partial charge is 0.183 e. The fraction of sp³-hybridized carbons (Fsp3) is 0.312. The molecule has 1 aliphatic rings. The minimum absolute atomic E-state index is 0.166. The average molecular weight is 286 g/mol. The number of aromatic nitrogens is 1. The number of para-hydroxylation sites is 1. The summed E-state index contributed by atoms with van der Waals surface area (Å²) in [6.45, 7) is 1.22. The maximum absolute atomic E-state index is 5.66. The average Bonchev–Trinajstić information content (AvgIpc) is 2.95. The van der Waals surface area contributed by atoms with Crippen molar-refractivity contribution in [3.8, 4) is 17.2 Å². The summed E-state index contributed by atoms with van der Waals surface area (Å²) in [6.07, 6.45) is 1.72. The molecule has 0 radical (unpaired) electrons. The third kappa shape index (κ3) is 2.64. The molecule has 0 aliphatic carbocycles. The third-order valence-electron chi connectivity index (χ3n) is 3.58. The molecule has 1 N–H and O–H groups in total. The van der Waals surface area contributed by atoms with E-state index >= 15 is 0 Å². The number of hydrogen-bond donors (Lipinski definition) is 1. The standard InChI is InChI=1S/C16H18N2O3/c1-19-15-7-8-17-12(16(15)20-2)9-18-13-10-21-14-6-4-3-5-11(13)14/h3-8,13,18H,9-10H2,1-2H3. The number of nitrogens with one attached hydrogen (secondary N) is 1. The van der Waals surface area contributed by atoms with Gasteiger partial charge in [-0.3, -0.25) is 4.98 Å². The molecule has 1 atom stereocenters. The molecule has 2 heterocycles. The molecule has 0 saturated carbocycles. The molecule has 2 aromatic rings. The van der Waals surface area contributed by atoms with Gasteiger partial charge in [-0.2, -0.15) is 0 Å². The summed E-state index contributed by atoms with van der Waals surface area (Å²) in [5, 5.41) is 3.46. The Hall–Kier alpha value is -2.27. The summed E-state index contributed by atoms with van der Waals surface area (Å²) >= 11 is 0. The molecule has 1 aliphatic heterocycles. The summed E-state index contributed by atoms with van der Waals surface area (Å²) in [4.78, 5) is 4.37. The van der Waals surface area contributed by atoms with E-state index in [1.807, 2.05) is 18.2 Å². The monoisotopic (exact) mass is 286 g/mol. The first-order valence-electron chi connectivity index (χ1n) is 6.84. The Bertz CT molecular complexity index is 631. The highest BCUT2D eigenvalue weighted by Gasteiger charge is 2.23. The van der Waals surface area contributed by atoms with Gasteiger partial charge in [0.15, 0.2) is 11.5 Å². The molecule has 1 aromatic heterocycles. The van der Waals surface area contributed by atoms with E-state index in [4.69, 9.17) is 14.2 Å². The van der Waals surface area contributed by atoms with Crippen molar-refractivity contribution in [2.24, 2.45) is 0 Å². The van der Waals surface area contributed by atoms with Gasteiger partial charge in [0.25, 0.3) is 0 Å². The summed E-state index contributed by atoms with van der Waals surface area (Å²) in [6, 6.07) is 10.0. The van der Waals surface area contributed by atoms with Crippen LogP contribution in [0.2, 0.25) is 0 Å². The number of methoxy groups -OCH3 is 2. The molecule has 0 bridgehead atoms. The van der Waals surface area contributed by atoms with Crippen LogP contribution in [-0.4, -0.2) is 25.8 Å². The largest absolute Gasteiger partial charge is 0.493 e. The number of pyridine rings is 1. The molecule has 1 unspecified atom stereocenters. The van der Waals surface area contributed by atoms with E-state index in [0.717, 1.165) is 11.4 Å². The van der Waals surface area contributed by atoms with E-state index in [-0.39, 0.29) is 6.04 Å². The van der Waals surface area contributed by atoms with Gasteiger partial charge in [0.2, 0.25) is 0 Å². The van der Waals surface area contributed by atoms with Crippen LogP contribution in [-0.2, 0) is 6.54 Å². The topological polar surface area (TPSA) is 52.6 Å². The second kappa shape index (κ2) is 6.01. The SMILES string of the molecule is COc1ccnc(CNC2COc3ccccc32)c1OC. The number of ether oxygens (including phenoxy) is 3. The number of hydrogen-bond acceptors (Lipinski definition) is 5. The van der Waals surface area contributed by atoms with E-state index in [0.29, 0.717) is 24.7 Å². The zero-order valence-electron chi connectivity index (χ0n) is 12.1. The van der Waals surface area contributed by atoms with Gasteiger partial charge in [0.1, 0.15) is 12.4 Å². The van der Waals surface area contributed by atoms with Crippen molar-refractivity contribution in [1.82, 2.24) is 10.3 Å². The fourth-order valence-corrected chi connectivity index (χ4v) is 2.53. The lowest BCUT2D eigenvalue weighted by Gasteiger charge is -2.14. The van der Waals surface area contributed by atoms with Crippen LogP contribution in [0.25, 0.3) is 0 Å². The van der Waals surface area contributed by atoms with Gasteiger partial charge in [-0.15, -0.1) is 0 Å². The van der Waals surface area contributed by atoms with Gasteiger partial charge in [-0.25, -0.2) is 0 Å². The van der Waals surface area contributed by atoms with E-state index < -0.39 is 0 Å². The second-order valence-corrected chi connectivity index (χ2v) is 4.78. The van der Waals surface area contributed by atoms with Crippen LogP contribution in [0.5, 0.6) is 17.2 Å². The van der Waals surface area contributed by atoms with Crippen molar-refractivity contribution in [3.05, 3.63) is 47.8 Å². The molecular weight excluding hydrogens is 268 g/mol. The quantitative estimate of drug-likeness (QED) is 0.914. The Morgan fingerprint density at radius 3 is 2.90 bits per heavy atom. The van der Waals surface area contributed by atoms with E-state index in [1.165, 1.54) is 5.56 Å². The first-order chi connectivity index (χ1) is 10.3. The number of benzene rings is 1. The van der Waals surface area contributed by atoms with Gasteiger partial charge in [-0.05, 0) is 6.07 Å². The van der Waals surface area contributed by atoms with Crippen LogP contribution in [0.1, 0.15) is 17.3 Å². The number of fused-ring (bicyclic) bond motifs is 1.